The lowest BCUT2D eigenvalue weighted by atomic mass is 10.2. The Labute approximate surface area is 98.8 Å². The van der Waals surface area contributed by atoms with Crippen molar-refractivity contribution in [3.05, 3.63) is 11.8 Å². The highest BCUT2D eigenvalue weighted by molar-refractivity contribution is 5.71. The molecule has 0 N–H and O–H groups in total. The van der Waals surface area contributed by atoms with E-state index in [1.807, 2.05) is 0 Å². The summed E-state index contributed by atoms with van der Waals surface area (Å²) >= 11 is 0. The number of esters is 1. The summed E-state index contributed by atoms with van der Waals surface area (Å²) < 4.78 is 20.3. The first-order chi connectivity index (χ1) is 8.28. The van der Waals surface area contributed by atoms with Crippen molar-refractivity contribution in [2.75, 3.05) is 13.7 Å². The van der Waals surface area contributed by atoms with Crippen LogP contribution in [0.4, 0.5) is 0 Å². The molecule has 1 saturated heterocycles. The molecule has 1 aromatic heterocycles. The second-order valence-electron chi connectivity index (χ2n) is 3.80. The molecule has 0 amide bonds. The van der Waals surface area contributed by atoms with Crippen LogP contribution in [0.3, 0.4) is 0 Å². The van der Waals surface area contributed by atoms with Gasteiger partial charge in [0.1, 0.15) is 6.42 Å². The van der Waals surface area contributed by atoms with E-state index in [1.165, 1.54) is 7.11 Å². The minimum Gasteiger partial charge on any atom is -0.469 e. The van der Waals surface area contributed by atoms with E-state index in [9.17, 15) is 4.79 Å². The van der Waals surface area contributed by atoms with Crippen LogP contribution in [-0.2, 0) is 20.7 Å². The summed E-state index contributed by atoms with van der Waals surface area (Å²) in [7, 11) is 1.33. The quantitative estimate of drug-likeness (QED) is 0.740. The van der Waals surface area contributed by atoms with Gasteiger partial charge in [0.25, 0.3) is 5.88 Å². The van der Waals surface area contributed by atoms with Crippen LogP contribution in [0.5, 0.6) is 5.88 Å². The van der Waals surface area contributed by atoms with E-state index in [4.69, 9.17) is 14.0 Å². The minimum atomic E-state index is -0.374. The molecule has 1 fully saturated rings. The fraction of sp³-hybridized carbons (Fsp3) is 0.636. The molecule has 6 nitrogen and oxygen atoms in total. The van der Waals surface area contributed by atoms with Gasteiger partial charge < -0.3 is 18.7 Å². The maximum Gasteiger partial charge on any atom is 0.313 e. The van der Waals surface area contributed by atoms with Crippen molar-refractivity contribution in [1.82, 2.24) is 5.16 Å². The molecule has 0 aliphatic carbocycles. The maximum atomic E-state index is 11.0. The van der Waals surface area contributed by atoms with Gasteiger partial charge in [-0.3, -0.25) is 4.79 Å². The summed E-state index contributed by atoms with van der Waals surface area (Å²) in [4.78, 5) is 11.0. The summed E-state index contributed by atoms with van der Waals surface area (Å²) in [6.45, 7) is 0.706. The highest BCUT2D eigenvalue weighted by Crippen LogP contribution is 2.19. The lowest BCUT2D eigenvalue weighted by Gasteiger charge is -2.21. The van der Waals surface area contributed by atoms with Crippen LogP contribution >= 0.6 is 0 Å². The molecular formula is C11H15NO5. The predicted molar refractivity (Wildman–Crippen MR) is 56.4 cm³/mol. The van der Waals surface area contributed by atoms with E-state index in [1.54, 1.807) is 6.07 Å². The average molecular weight is 241 g/mol. The van der Waals surface area contributed by atoms with Gasteiger partial charge in [-0.15, -0.1) is 0 Å². The zero-order chi connectivity index (χ0) is 12.1. The van der Waals surface area contributed by atoms with Crippen LogP contribution in [0.15, 0.2) is 10.6 Å². The smallest absolute Gasteiger partial charge is 0.313 e. The zero-order valence-corrected chi connectivity index (χ0v) is 9.68. The van der Waals surface area contributed by atoms with Gasteiger partial charge >= 0.3 is 5.97 Å². The third-order valence-corrected chi connectivity index (χ3v) is 2.47. The van der Waals surface area contributed by atoms with Gasteiger partial charge in [0.05, 0.1) is 13.7 Å². The highest BCUT2D eigenvalue weighted by atomic mass is 16.7. The Kier molecular flexibility index (Phi) is 3.98. The van der Waals surface area contributed by atoms with E-state index < -0.39 is 0 Å². The molecular weight excluding hydrogens is 226 g/mol. The van der Waals surface area contributed by atoms with E-state index in [0.717, 1.165) is 19.3 Å². The van der Waals surface area contributed by atoms with Gasteiger partial charge in [-0.1, -0.05) is 0 Å². The van der Waals surface area contributed by atoms with Crippen LogP contribution in [0.25, 0.3) is 0 Å². The molecule has 0 spiro atoms. The van der Waals surface area contributed by atoms with Gasteiger partial charge in [-0.2, -0.15) is 0 Å². The topological polar surface area (TPSA) is 70.8 Å². The molecule has 0 saturated carbocycles. The Morgan fingerprint density at radius 1 is 1.59 bits per heavy atom. The molecule has 0 bridgehead atoms. The van der Waals surface area contributed by atoms with Crippen LogP contribution in [0.2, 0.25) is 0 Å². The van der Waals surface area contributed by atoms with Crippen molar-refractivity contribution in [3.63, 3.8) is 0 Å². The Balaban J connectivity index is 1.86. The summed E-state index contributed by atoms with van der Waals surface area (Å²) in [6.07, 6.45) is 2.78. The standard InChI is InChI=1S/C11H15NO5/c1-14-10(13)7-8-6-9(12-17-8)16-11-4-2-3-5-15-11/h6,11H,2-5,7H2,1H3. The molecule has 6 heteroatoms. The Bertz CT molecular complexity index is 370. The third kappa shape index (κ3) is 3.45. The van der Waals surface area contributed by atoms with Gasteiger partial charge in [0, 0.05) is 12.5 Å². The number of rotatable bonds is 4. The van der Waals surface area contributed by atoms with Crippen molar-refractivity contribution >= 4 is 5.97 Å². The molecule has 1 aromatic rings. The summed E-state index contributed by atoms with van der Waals surface area (Å²) in [5, 5.41) is 3.71. The molecule has 1 aliphatic heterocycles. The first-order valence-corrected chi connectivity index (χ1v) is 5.58. The number of carbonyl (C=O) groups excluding carboxylic acids is 1. The Hall–Kier alpha value is -1.56. The van der Waals surface area contributed by atoms with E-state index >= 15 is 0 Å². The minimum absolute atomic E-state index is 0.0540. The lowest BCUT2D eigenvalue weighted by Crippen LogP contribution is -2.25. The molecule has 17 heavy (non-hydrogen) atoms. The molecule has 1 unspecified atom stereocenters. The average Bonchev–Trinajstić information content (AvgIpc) is 2.77. The van der Waals surface area contributed by atoms with Gasteiger partial charge in [0.15, 0.2) is 5.76 Å². The molecule has 94 valence electrons. The number of ether oxygens (including phenoxy) is 3. The molecule has 2 heterocycles. The van der Waals surface area contributed by atoms with Crippen LogP contribution < -0.4 is 4.74 Å². The van der Waals surface area contributed by atoms with Crippen molar-refractivity contribution < 1.29 is 23.5 Å². The highest BCUT2D eigenvalue weighted by Gasteiger charge is 2.18. The fourth-order valence-corrected chi connectivity index (χ4v) is 1.59. The summed E-state index contributed by atoms with van der Waals surface area (Å²) in [5.41, 5.74) is 0. The third-order valence-electron chi connectivity index (χ3n) is 2.47. The Morgan fingerprint density at radius 2 is 2.47 bits per heavy atom. The normalized spacial score (nSPS) is 19.9. The zero-order valence-electron chi connectivity index (χ0n) is 9.68. The molecule has 0 radical (unpaired) electrons. The second-order valence-corrected chi connectivity index (χ2v) is 3.80. The summed E-state index contributed by atoms with van der Waals surface area (Å²) in [5.74, 6) is 0.389. The fourth-order valence-electron chi connectivity index (χ4n) is 1.59. The van der Waals surface area contributed by atoms with Crippen LogP contribution in [0.1, 0.15) is 25.0 Å². The maximum absolute atomic E-state index is 11.0. The van der Waals surface area contributed by atoms with Crippen molar-refractivity contribution in [2.45, 2.75) is 32.0 Å². The molecule has 0 aromatic carbocycles. The number of methoxy groups -OCH3 is 1. The van der Waals surface area contributed by atoms with Crippen LogP contribution in [-0.4, -0.2) is 31.1 Å². The Morgan fingerprint density at radius 3 is 3.18 bits per heavy atom. The number of carbonyl (C=O) groups is 1. The van der Waals surface area contributed by atoms with Crippen molar-refractivity contribution in [1.29, 1.82) is 0 Å². The van der Waals surface area contributed by atoms with Crippen molar-refractivity contribution in [3.8, 4) is 5.88 Å². The van der Waals surface area contributed by atoms with Crippen molar-refractivity contribution in [2.24, 2.45) is 0 Å². The summed E-state index contributed by atoms with van der Waals surface area (Å²) in [6, 6.07) is 1.58. The van der Waals surface area contributed by atoms with Gasteiger partial charge in [0.2, 0.25) is 6.29 Å². The van der Waals surface area contributed by atoms with Gasteiger partial charge in [-0.25, -0.2) is 0 Å². The van der Waals surface area contributed by atoms with Crippen LogP contribution in [0, 0.1) is 0 Å². The monoisotopic (exact) mass is 241 g/mol. The molecule has 1 atom stereocenters. The van der Waals surface area contributed by atoms with E-state index in [0.29, 0.717) is 18.2 Å². The number of nitrogens with zero attached hydrogens (tertiary/aromatic N) is 1. The largest absolute Gasteiger partial charge is 0.469 e. The molecule has 2 rings (SSSR count). The number of aromatic nitrogens is 1. The first-order valence-electron chi connectivity index (χ1n) is 5.58. The van der Waals surface area contributed by atoms with E-state index in [2.05, 4.69) is 9.89 Å². The number of hydrogen-bond donors (Lipinski definition) is 0. The SMILES string of the molecule is COC(=O)Cc1cc(OC2CCCCO2)no1. The lowest BCUT2D eigenvalue weighted by molar-refractivity contribution is -0.140. The first kappa shape index (κ1) is 11.9. The van der Waals surface area contributed by atoms with E-state index in [-0.39, 0.29) is 18.7 Å². The second kappa shape index (κ2) is 5.67. The van der Waals surface area contributed by atoms with Gasteiger partial charge in [-0.05, 0) is 18.0 Å². The predicted octanol–water partition coefficient (Wildman–Crippen LogP) is 1.30. The number of hydrogen-bond acceptors (Lipinski definition) is 6. The molecule has 1 aliphatic rings.